The van der Waals surface area contributed by atoms with Crippen molar-refractivity contribution in [3.63, 3.8) is 0 Å². The second-order valence-electron chi connectivity index (χ2n) is 4.11. The Morgan fingerprint density at radius 1 is 1.53 bits per heavy atom. The van der Waals surface area contributed by atoms with E-state index in [0.717, 1.165) is 0 Å². The Morgan fingerprint density at radius 3 is 2.53 bits per heavy atom. The third-order valence-electron chi connectivity index (χ3n) is 2.69. The van der Waals surface area contributed by atoms with Crippen LogP contribution >= 0.6 is 27.5 Å². The van der Waals surface area contributed by atoms with Crippen molar-refractivity contribution in [3.8, 4) is 0 Å². The van der Waals surface area contributed by atoms with Crippen molar-refractivity contribution < 1.29 is 19.8 Å². The number of aliphatic carboxylic acids is 2. The van der Waals surface area contributed by atoms with Crippen LogP contribution in [0.25, 0.3) is 0 Å². The SMILES string of the molecule is CC1(C(=O)O)C=C(CCBr)C(Cl)=C(C(=O)O)C1. The summed E-state index contributed by atoms with van der Waals surface area (Å²) in [6, 6.07) is 0. The van der Waals surface area contributed by atoms with Gasteiger partial charge in [0.1, 0.15) is 0 Å². The molecular formula is C11H12BrClO4. The van der Waals surface area contributed by atoms with Crippen LogP contribution in [0.5, 0.6) is 0 Å². The molecule has 0 heterocycles. The Morgan fingerprint density at radius 2 is 2.12 bits per heavy atom. The van der Waals surface area contributed by atoms with Crippen molar-refractivity contribution in [2.45, 2.75) is 19.8 Å². The summed E-state index contributed by atoms with van der Waals surface area (Å²) in [4.78, 5) is 22.2. The van der Waals surface area contributed by atoms with Gasteiger partial charge in [0.05, 0.1) is 16.0 Å². The normalized spacial score (nSPS) is 24.5. The molecule has 1 rings (SSSR count). The molecule has 0 aromatic rings. The molecule has 94 valence electrons. The van der Waals surface area contributed by atoms with Gasteiger partial charge in [0.25, 0.3) is 0 Å². The molecule has 1 aliphatic carbocycles. The monoisotopic (exact) mass is 322 g/mol. The van der Waals surface area contributed by atoms with Gasteiger partial charge in [-0.15, -0.1) is 0 Å². The average molecular weight is 324 g/mol. The number of rotatable bonds is 4. The van der Waals surface area contributed by atoms with Crippen LogP contribution in [0.1, 0.15) is 19.8 Å². The Hall–Kier alpha value is -0.810. The van der Waals surface area contributed by atoms with E-state index in [9.17, 15) is 9.59 Å². The number of halogens is 2. The highest BCUT2D eigenvalue weighted by molar-refractivity contribution is 9.09. The second-order valence-corrected chi connectivity index (χ2v) is 5.28. The van der Waals surface area contributed by atoms with E-state index in [4.69, 9.17) is 21.8 Å². The maximum atomic E-state index is 11.2. The molecule has 0 saturated carbocycles. The van der Waals surface area contributed by atoms with Crippen molar-refractivity contribution in [1.82, 2.24) is 0 Å². The van der Waals surface area contributed by atoms with Crippen molar-refractivity contribution in [2.24, 2.45) is 5.41 Å². The quantitative estimate of drug-likeness (QED) is 0.780. The van der Waals surface area contributed by atoms with Gasteiger partial charge in [0.15, 0.2) is 0 Å². The van der Waals surface area contributed by atoms with E-state index >= 15 is 0 Å². The van der Waals surface area contributed by atoms with Gasteiger partial charge >= 0.3 is 11.9 Å². The Labute approximate surface area is 112 Å². The molecule has 6 heteroatoms. The molecule has 17 heavy (non-hydrogen) atoms. The molecule has 4 nitrogen and oxygen atoms in total. The first-order valence-corrected chi connectivity index (χ1v) is 6.45. The van der Waals surface area contributed by atoms with Crippen LogP contribution in [0.4, 0.5) is 0 Å². The van der Waals surface area contributed by atoms with Crippen LogP contribution in [0.3, 0.4) is 0 Å². The van der Waals surface area contributed by atoms with Gasteiger partial charge in [-0.3, -0.25) is 4.79 Å². The predicted molar refractivity (Wildman–Crippen MR) is 67.4 cm³/mol. The van der Waals surface area contributed by atoms with Gasteiger partial charge in [-0.05, 0) is 18.9 Å². The fourth-order valence-corrected chi connectivity index (χ4v) is 2.45. The molecule has 0 amide bonds. The van der Waals surface area contributed by atoms with Gasteiger partial charge < -0.3 is 10.2 Å². The number of carboxylic acids is 2. The molecule has 0 aliphatic heterocycles. The van der Waals surface area contributed by atoms with E-state index in [1.807, 2.05) is 0 Å². The van der Waals surface area contributed by atoms with E-state index in [-0.39, 0.29) is 17.0 Å². The van der Waals surface area contributed by atoms with Crippen LogP contribution in [0.2, 0.25) is 0 Å². The van der Waals surface area contributed by atoms with E-state index in [1.165, 1.54) is 6.92 Å². The summed E-state index contributed by atoms with van der Waals surface area (Å²) in [6.07, 6.45) is 1.95. The lowest BCUT2D eigenvalue weighted by Gasteiger charge is -2.28. The van der Waals surface area contributed by atoms with E-state index in [0.29, 0.717) is 17.3 Å². The minimum Gasteiger partial charge on any atom is -0.481 e. The van der Waals surface area contributed by atoms with Crippen LogP contribution in [-0.2, 0) is 9.59 Å². The molecule has 0 bridgehead atoms. The number of hydrogen-bond donors (Lipinski definition) is 2. The zero-order valence-corrected chi connectivity index (χ0v) is 11.5. The van der Waals surface area contributed by atoms with Crippen molar-refractivity contribution in [3.05, 3.63) is 22.3 Å². The fraction of sp³-hybridized carbons (Fsp3) is 0.455. The molecule has 2 N–H and O–H groups in total. The number of hydrogen-bond acceptors (Lipinski definition) is 2. The summed E-state index contributed by atoms with van der Waals surface area (Å²) >= 11 is 9.20. The van der Waals surface area contributed by atoms with Gasteiger partial charge in [-0.1, -0.05) is 33.6 Å². The van der Waals surface area contributed by atoms with E-state index in [1.54, 1.807) is 6.08 Å². The summed E-state index contributed by atoms with van der Waals surface area (Å²) in [5, 5.41) is 18.9. The maximum absolute atomic E-state index is 11.2. The highest BCUT2D eigenvalue weighted by atomic mass is 79.9. The van der Waals surface area contributed by atoms with E-state index < -0.39 is 17.4 Å². The first kappa shape index (κ1) is 14.3. The molecule has 0 radical (unpaired) electrons. The number of carbonyl (C=O) groups is 2. The van der Waals surface area contributed by atoms with Crippen molar-refractivity contribution in [2.75, 3.05) is 5.33 Å². The molecule has 0 fully saturated rings. The fourth-order valence-electron chi connectivity index (χ4n) is 1.73. The lowest BCUT2D eigenvalue weighted by molar-refractivity contribution is -0.145. The van der Waals surface area contributed by atoms with Crippen LogP contribution in [-0.4, -0.2) is 27.5 Å². The summed E-state index contributed by atoms with van der Waals surface area (Å²) in [7, 11) is 0. The smallest absolute Gasteiger partial charge is 0.333 e. The molecular weight excluding hydrogens is 311 g/mol. The summed E-state index contributed by atoms with van der Waals surface area (Å²) < 4.78 is 0. The third-order valence-corrected chi connectivity index (χ3v) is 3.56. The number of allylic oxidation sites excluding steroid dienone is 2. The average Bonchev–Trinajstić information content (AvgIpc) is 2.23. The van der Waals surface area contributed by atoms with Gasteiger partial charge in [-0.2, -0.15) is 0 Å². The van der Waals surface area contributed by atoms with Crippen molar-refractivity contribution >= 4 is 39.5 Å². The highest BCUT2D eigenvalue weighted by Crippen LogP contribution is 2.40. The molecule has 0 aromatic carbocycles. The highest BCUT2D eigenvalue weighted by Gasteiger charge is 2.38. The van der Waals surface area contributed by atoms with Crippen LogP contribution in [0.15, 0.2) is 22.3 Å². The summed E-state index contributed by atoms with van der Waals surface area (Å²) in [6.45, 7) is 1.50. The van der Waals surface area contributed by atoms with Gasteiger partial charge in [0.2, 0.25) is 0 Å². The topological polar surface area (TPSA) is 74.6 Å². The minimum absolute atomic E-state index is 0.0324. The molecule has 0 aromatic heterocycles. The number of alkyl halides is 1. The molecule has 1 unspecified atom stereocenters. The zero-order valence-electron chi connectivity index (χ0n) is 9.17. The minimum atomic E-state index is -1.20. The molecule has 1 atom stereocenters. The van der Waals surface area contributed by atoms with Gasteiger partial charge in [0, 0.05) is 11.8 Å². The number of carboxylic acid groups (broad SMARTS) is 2. The Bertz CT molecular complexity index is 427. The summed E-state index contributed by atoms with van der Waals surface area (Å²) in [5.74, 6) is -2.21. The lowest BCUT2D eigenvalue weighted by Crippen LogP contribution is -2.30. The standard InChI is InChI=1S/C11H12BrClO4/c1-11(10(16)17)4-6(2-3-12)8(13)7(5-11)9(14)15/h4H,2-3,5H2,1H3,(H,14,15)(H,16,17). The molecule has 0 saturated heterocycles. The first-order valence-electron chi connectivity index (χ1n) is 4.95. The largest absolute Gasteiger partial charge is 0.481 e. The van der Waals surface area contributed by atoms with Gasteiger partial charge in [-0.25, -0.2) is 4.79 Å². The first-order chi connectivity index (χ1) is 7.81. The second kappa shape index (κ2) is 5.23. The van der Waals surface area contributed by atoms with Crippen LogP contribution in [0, 0.1) is 5.41 Å². The predicted octanol–water partition coefficient (Wildman–Crippen LogP) is 2.77. The zero-order chi connectivity index (χ0) is 13.2. The third kappa shape index (κ3) is 2.90. The molecule has 1 aliphatic rings. The van der Waals surface area contributed by atoms with E-state index in [2.05, 4.69) is 15.9 Å². The Kier molecular flexibility index (Phi) is 4.38. The molecule has 0 spiro atoms. The van der Waals surface area contributed by atoms with Crippen molar-refractivity contribution in [1.29, 1.82) is 0 Å². The maximum Gasteiger partial charge on any atom is 0.333 e. The lowest BCUT2D eigenvalue weighted by atomic mass is 9.77. The Balaban J connectivity index is 3.26. The van der Waals surface area contributed by atoms with Crippen LogP contribution < -0.4 is 0 Å². The summed E-state index contributed by atoms with van der Waals surface area (Å²) in [5.41, 5.74) is -0.670.